The Balaban J connectivity index is 1.29. The Labute approximate surface area is 160 Å². The van der Waals surface area contributed by atoms with Crippen molar-refractivity contribution >= 4 is 33.7 Å². The topological polar surface area (TPSA) is 121 Å². The van der Waals surface area contributed by atoms with E-state index in [1.807, 2.05) is 30.5 Å². The first-order valence-electron chi connectivity index (χ1n) is 8.94. The van der Waals surface area contributed by atoms with Crippen molar-refractivity contribution in [1.82, 2.24) is 30.1 Å². The first-order chi connectivity index (χ1) is 13.7. The Kier molecular flexibility index (Phi) is 3.86. The largest absolute Gasteiger partial charge is 0.383 e. The molecule has 0 aliphatic carbocycles. The number of hydrogen-bond donors (Lipinski definition) is 4. The molecule has 3 aromatic heterocycles. The molecule has 8 heteroatoms. The van der Waals surface area contributed by atoms with Gasteiger partial charge in [-0.15, -0.1) is 0 Å². The van der Waals surface area contributed by atoms with Crippen LogP contribution in [0.15, 0.2) is 55.1 Å². The highest BCUT2D eigenvalue weighted by molar-refractivity contribution is 5.78. The van der Waals surface area contributed by atoms with Crippen molar-refractivity contribution in [3.05, 3.63) is 71.8 Å². The number of imidazole rings is 1. The molecule has 0 aliphatic heterocycles. The van der Waals surface area contributed by atoms with E-state index in [2.05, 4.69) is 47.6 Å². The fourth-order valence-corrected chi connectivity index (χ4v) is 3.23. The minimum Gasteiger partial charge on any atom is -0.383 e. The van der Waals surface area contributed by atoms with Crippen LogP contribution in [0.25, 0.3) is 21.9 Å². The Morgan fingerprint density at radius 2 is 1.86 bits per heavy atom. The number of rotatable bonds is 5. The molecule has 5 N–H and O–H groups in total. The first kappa shape index (κ1) is 16.2. The number of benzene rings is 2. The Bertz CT molecular complexity index is 1270. The fourth-order valence-electron chi connectivity index (χ4n) is 3.23. The predicted octanol–water partition coefficient (Wildman–Crippen LogP) is 3.01. The summed E-state index contributed by atoms with van der Waals surface area (Å²) >= 11 is 0. The third-order valence-corrected chi connectivity index (χ3v) is 4.73. The van der Waals surface area contributed by atoms with E-state index in [0.29, 0.717) is 24.7 Å². The van der Waals surface area contributed by atoms with Gasteiger partial charge in [0.05, 0.1) is 29.1 Å². The smallest absolute Gasteiger partial charge is 0.224 e. The number of anilines is 2. The standard InChI is InChI=1S/C20H18N8/c21-19-15(5-12-1-4-17-18(7-12)25-11-24-17)9-23-20(27-19)22-8-13-2-3-16-14(6-13)10-26-28-16/h1-4,6-7,9-11H,5,8H2,(H,24,25)(H,26,28)(H3,21,22,23,27). The lowest BCUT2D eigenvalue weighted by molar-refractivity contribution is 1.03. The van der Waals surface area contributed by atoms with Gasteiger partial charge in [0.15, 0.2) is 0 Å². The van der Waals surface area contributed by atoms with Crippen molar-refractivity contribution in [2.24, 2.45) is 0 Å². The van der Waals surface area contributed by atoms with Crippen molar-refractivity contribution < 1.29 is 0 Å². The van der Waals surface area contributed by atoms with Gasteiger partial charge in [-0.25, -0.2) is 9.97 Å². The van der Waals surface area contributed by atoms with Crippen LogP contribution < -0.4 is 11.1 Å². The maximum absolute atomic E-state index is 6.17. The number of H-pyrrole nitrogens is 2. The number of hydrogen-bond acceptors (Lipinski definition) is 6. The summed E-state index contributed by atoms with van der Waals surface area (Å²) in [5.41, 5.74) is 12.3. The van der Waals surface area contributed by atoms with E-state index in [-0.39, 0.29) is 0 Å². The number of nitrogens with two attached hydrogens (primary N) is 1. The van der Waals surface area contributed by atoms with Gasteiger partial charge >= 0.3 is 0 Å². The quantitative estimate of drug-likeness (QED) is 0.377. The van der Waals surface area contributed by atoms with Crippen molar-refractivity contribution in [2.45, 2.75) is 13.0 Å². The van der Waals surface area contributed by atoms with Gasteiger partial charge in [-0.05, 0) is 35.4 Å². The summed E-state index contributed by atoms with van der Waals surface area (Å²) in [5.74, 6) is 0.987. The maximum Gasteiger partial charge on any atom is 0.224 e. The monoisotopic (exact) mass is 370 g/mol. The molecule has 0 atom stereocenters. The molecule has 0 aliphatic rings. The van der Waals surface area contributed by atoms with Gasteiger partial charge in [-0.2, -0.15) is 10.1 Å². The van der Waals surface area contributed by atoms with Crippen LogP contribution in [0.2, 0.25) is 0 Å². The van der Waals surface area contributed by atoms with Crippen LogP contribution in [0.3, 0.4) is 0 Å². The van der Waals surface area contributed by atoms with Crippen molar-refractivity contribution in [2.75, 3.05) is 11.1 Å². The van der Waals surface area contributed by atoms with Crippen molar-refractivity contribution in [3.8, 4) is 0 Å². The van der Waals surface area contributed by atoms with Crippen LogP contribution in [0, 0.1) is 0 Å². The Hall–Kier alpha value is -3.94. The molecule has 0 spiro atoms. The van der Waals surface area contributed by atoms with Crippen molar-refractivity contribution in [1.29, 1.82) is 0 Å². The zero-order chi connectivity index (χ0) is 18.9. The van der Waals surface area contributed by atoms with Gasteiger partial charge in [0, 0.05) is 30.1 Å². The van der Waals surface area contributed by atoms with E-state index in [1.54, 1.807) is 12.5 Å². The zero-order valence-corrected chi connectivity index (χ0v) is 15.0. The van der Waals surface area contributed by atoms with Crippen LogP contribution >= 0.6 is 0 Å². The summed E-state index contributed by atoms with van der Waals surface area (Å²) in [6.45, 7) is 0.607. The normalized spacial score (nSPS) is 11.3. The van der Waals surface area contributed by atoms with E-state index in [9.17, 15) is 0 Å². The fraction of sp³-hybridized carbons (Fsp3) is 0.100. The second kappa shape index (κ2) is 6.66. The van der Waals surface area contributed by atoms with E-state index in [0.717, 1.165) is 38.6 Å². The van der Waals surface area contributed by atoms with Crippen molar-refractivity contribution in [3.63, 3.8) is 0 Å². The van der Waals surface area contributed by atoms with Gasteiger partial charge in [-0.1, -0.05) is 12.1 Å². The molecule has 2 aromatic carbocycles. The lowest BCUT2D eigenvalue weighted by atomic mass is 10.1. The summed E-state index contributed by atoms with van der Waals surface area (Å²) in [7, 11) is 0. The first-order valence-corrected chi connectivity index (χ1v) is 8.94. The molecule has 0 radical (unpaired) electrons. The van der Waals surface area contributed by atoms with Crippen LogP contribution in [0.4, 0.5) is 11.8 Å². The van der Waals surface area contributed by atoms with Crippen LogP contribution in [-0.4, -0.2) is 30.1 Å². The van der Waals surface area contributed by atoms with Gasteiger partial charge in [-0.3, -0.25) is 5.10 Å². The highest BCUT2D eigenvalue weighted by Crippen LogP contribution is 2.19. The number of aromatic amines is 2. The minimum atomic E-state index is 0.477. The van der Waals surface area contributed by atoms with Gasteiger partial charge in [0.1, 0.15) is 5.82 Å². The maximum atomic E-state index is 6.17. The molecule has 28 heavy (non-hydrogen) atoms. The molecule has 0 unspecified atom stereocenters. The highest BCUT2D eigenvalue weighted by atomic mass is 15.1. The molecule has 138 valence electrons. The van der Waals surface area contributed by atoms with Gasteiger partial charge < -0.3 is 16.0 Å². The molecule has 5 aromatic rings. The summed E-state index contributed by atoms with van der Waals surface area (Å²) < 4.78 is 0. The lowest BCUT2D eigenvalue weighted by Crippen LogP contribution is -2.07. The number of fused-ring (bicyclic) bond motifs is 2. The average molecular weight is 370 g/mol. The summed E-state index contributed by atoms with van der Waals surface area (Å²) in [5, 5.41) is 11.3. The number of nitrogen functional groups attached to an aromatic ring is 1. The number of nitrogens with one attached hydrogen (secondary N) is 3. The molecule has 0 saturated heterocycles. The van der Waals surface area contributed by atoms with E-state index >= 15 is 0 Å². The zero-order valence-electron chi connectivity index (χ0n) is 15.0. The molecule has 8 nitrogen and oxygen atoms in total. The SMILES string of the molecule is Nc1nc(NCc2ccc3[nH]ncc3c2)ncc1Cc1ccc2[nH]cnc2c1. The Morgan fingerprint density at radius 1 is 0.964 bits per heavy atom. The molecule has 0 fully saturated rings. The van der Waals surface area contributed by atoms with Crippen LogP contribution in [0.5, 0.6) is 0 Å². The highest BCUT2D eigenvalue weighted by Gasteiger charge is 2.07. The van der Waals surface area contributed by atoms with Gasteiger partial charge in [0.25, 0.3) is 0 Å². The van der Waals surface area contributed by atoms with E-state index in [1.165, 1.54) is 0 Å². The third kappa shape index (κ3) is 3.11. The second-order valence-electron chi connectivity index (χ2n) is 6.68. The third-order valence-electron chi connectivity index (χ3n) is 4.73. The Morgan fingerprint density at radius 3 is 2.79 bits per heavy atom. The molecule has 5 rings (SSSR count). The number of nitrogens with zero attached hydrogens (tertiary/aromatic N) is 4. The van der Waals surface area contributed by atoms with E-state index in [4.69, 9.17) is 5.73 Å². The molecular formula is C20H18N8. The summed E-state index contributed by atoms with van der Waals surface area (Å²) in [6, 6.07) is 12.2. The minimum absolute atomic E-state index is 0.477. The van der Waals surface area contributed by atoms with Crippen LogP contribution in [-0.2, 0) is 13.0 Å². The van der Waals surface area contributed by atoms with E-state index < -0.39 is 0 Å². The summed E-state index contributed by atoms with van der Waals surface area (Å²) in [6.07, 6.45) is 5.93. The van der Waals surface area contributed by atoms with Gasteiger partial charge in [0.2, 0.25) is 5.95 Å². The molecule has 0 amide bonds. The summed E-state index contributed by atoms with van der Waals surface area (Å²) in [4.78, 5) is 16.2. The van der Waals surface area contributed by atoms with Crippen LogP contribution in [0.1, 0.15) is 16.7 Å². The average Bonchev–Trinajstić information content (AvgIpc) is 3.36. The molecule has 3 heterocycles. The lowest BCUT2D eigenvalue weighted by Gasteiger charge is -2.09. The molecule has 0 bridgehead atoms. The number of aromatic nitrogens is 6. The molecule has 0 saturated carbocycles. The second-order valence-corrected chi connectivity index (χ2v) is 6.68. The predicted molar refractivity (Wildman–Crippen MR) is 109 cm³/mol. The molecular weight excluding hydrogens is 352 g/mol.